The van der Waals surface area contributed by atoms with E-state index < -0.39 is 0 Å². The Morgan fingerprint density at radius 1 is 1.54 bits per heavy atom. The van der Waals surface area contributed by atoms with Gasteiger partial charge in [-0.05, 0) is 47.2 Å². The maximum Gasteiger partial charge on any atom is 0.339 e. The number of ether oxygens (including phenoxy) is 1. The highest BCUT2D eigenvalue weighted by atomic mass is 127. The van der Waals surface area contributed by atoms with Gasteiger partial charge in [0.2, 0.25) is 0 Å². The number of halogens is 2. The molecule has 0 heterocycles. The number of rotatable bonds is 1. The lowest BCUT2D eigenvalue weighted by molar-refractivity contribution is 0.0598. The van der Waals surface area contributed by atoms with Gasteiger partial charge in [0.05, 0.1) is 12.7 Å². The van der Waals surface area contributed by atoms with Crippen LogP contribution < -0.4 is 0 Å². The minimum absolute atomic E-state index is 0.321. The third kappa shape index (κ3) is 2.34. The van der Waals surface area contributed by atoms with Crippen molar-refractivity contribution < 1.29 is 9.53 Å². The third-order valence-electron chi connectivity index (χ3n) is 1.64. The first kappa shape index (κ1) is 10.8. The lowest BCUT2D eigenvalue weighted by Crippen LogP contribution is -2.06. The van der Waals surface area contributed by atoms with Crippen LogP contribution in [0.15, 0.2) is 12.1 Å². The van der Waals surface area contributed by atoms with Crippen molar-refractivity contribution in [1.29, 1.82) is 0 Å². The first-order chi connectivity index (χ1) is 6.06. The largest absolute Gasteiger partial charge is 0.465 e. The van der Waals surface area contributed by atoms with Crippen molar-refractivity contribution in [1.82, 2.24) is 0 Å². The molecular weight excluding hydrogens is 302 g/mol. The summed E-state index contributed by atoms with van der Waals surface area (Å²) in [6.45, 7) is 1.83. The van der Waals surface area contributed by atoms with Crippen LogP contribution in [0.25, 0.3) is 0 Å². The van der Waals surface area contributed by atoms with E-state index in [4.69, 9.17) is 11.6 Å². The van der Waals surface area contributed by atoms with Crippen molar-refractivity contribution in [3.8, 4) is 0 Å². The molecule has 4 heteroatoms. The maximum absolute atomic E-state index is 11.3. The molecule has 1 aromatic rings. The van der Waals surface area contributed by atoms with Gasteiger partial charge in [-0.1, -0.05) is 11.6 Å². The van der Waals surface area contributed by atoms with Gasteiger partial charge < -0.3 is 4.74 Å². The highest BCUT2D eigenvalue weighted by molar-refractivity contribution is 14.1. The molecule has 0 radical (unpaired) electrons. The van der Waals surface area contributed by atoms with E-state index in [-0.39, 0.29) is 5.97 Å². The van der Waals surface area contributed by atoms with Crippen LogP contribution in [0.2, 0.25) is 5.02 Å². The van der Waals surface area contributed by atoms with Gasteiger partial charge in [0, 0.05) is 8.59 Å². The summed E-state index contributed by atoms with van der Waals surface area (Å²) < 4.78 is 5.47. The van der Waals surface area contributed by atoms with Gasteiger partial charge in [0.15, 0.2) is 0 Å². The van der Waals surface area contributed by atoms with Gasteiger partial charge >= 0.3 is 5.97 Å². The lowest BCUT2D eigenvalue weighted by atomic mass is 10.1. The van der Waals surface area contributed by atoms with Gasteiger partial charge in [0.1, 0.15) is 0 Å². The van der Waals surface area contributed by atoms with Crippen molar-refractivity contribution in [3.63, 3.8) is 0 Å². The van der Waals surface area contributed by atoms with E-state index in [9.17, 15) is 4.79 Å². The number of esters is 1. The Morgan fingerprint density at radius 2 is 2.15 bits per heavy atom. The van der Waals surface area contributed by atoms with E-state index >= 15 is 0 Å². The summed E-state index contributed by atoms with van der Waals surface area (Å²) in [4.78, 5) is 11.3. The molecule has 1 aromatic carbocycles. The molecule has 0 amide bonds. The Balaban J connectivity index is 3.28. The van der Waals surface area contributed by atoms with Crippen LogP contribution in [0.5, 0.6) is 0 Å². The predicted octanol–water partition coefficient (Wildman–Crippen LogP) is 3.04. The smallest absolute Gasteiger partial charge is 0.339 e. The van der Waals surface area contributed by atoms with Crippen molar-refractivity contribution >= 4 is 40.2 Å². The molecule has 0 aliphatic rings. The molecule has 0 aliphatic carbocycles. The molecule has 70 valence electrons. The number of carbonyl (C=O) groups is 1. The van der Waals surface area contributed by atoms with E-state index in [1.807, 2.05) is 6.92 Å². The SMILES string of the molecule is COC(=O)c1c(C)cc(Cl)cc1I. The highest BCUT2D eigenvalue weighted by Gasteiger charge is 2.13. The second-order valence-electron chi connectivity index (χ2n) is 2.57. The molecule has 0 fully saturated rings. The number of benzene rings is 1. The molecule has 0 bridgehead atoms. The molecule has 0 aliphatic heterocycles. The van der Waals surface area contributed by atoms with Crippen LogP contribution >= 0.6 is 34.2 Å². The summed E-state index contributed by atoms with van der Waals surface area (Å²) in [5, 5.41) is 0.634. The average Bonchev–Trinajstić information content (AvgIpc) is 2.02. The Bertz CT molecular complexity index is 326. The number of carbonyl (C=O) groups excluding carboxylic acids is 1. The molecule has 13 heavy (non-hydrogen) atoms. The quantitative estimate of drug-likeness (QED) is 0.589. The van der Waals surface area contributed by atoms with Crippen LogP contribution in [-0.2, 0) is 4.74 Å². The molecular formula is C9H8ClIO2. The summed E-state index contributed by atoms with van der Waals surface area (Å²) in [6, 6.07) is 3.48. The van der Waals surface area contributed by atoms with Crippen LogP contribution in [-0.4, -0.2) is 13.1 Å². The fourth-order valence-electron chi connectivity index (χ4n) is 1.06. The monoisotopic (exact) mass is 310 g/mol. The van der Waals surface area contributed by atoms with E-state index in [1.54, 1.807) is 12.1 Å². The van der Waals surface area contributed by atoms with Crippen LogP contribution in [0.1, 0.15) is 15.9 Å². The molecule has 0 saturated carbocycles. The molecule has 0 aromatic heterocycles. The van der Waals surface area contributed by atoms with Crippen molar-refractivity contribution in [2.75, 3.05) is 7.11 Å². The fourth-order valence-corrected chi connectivity index (χ4v) is 2.50. The minimum Gasteiger partial charge on any atom is -0.465 e. The molecule has 0 unspecified atom stereocenters. The normalized spacial score (nSPS) is 9.85. The molecule has 0 N–H and O–H groups in total. The molecule has 1 rings (SSSR count). The van der Waals surface area contributed by atoms with Crippen LogP contribution in [0, 0.1) is 10.5 Å². The first-order valence-electron chi connectivity index (χ1n) is 3.60. The summed E-state index contributed by atoms with van der Waals surface area (Å²) in [6.07, 6.45) is 0. The van der Waals surface area contributed by atoms with E-state index in [2.05, 4.69) is 27.3 Å². The summed E-state index contributed by atoms with van der Waals surface area (Å²) >= 11 is 7.88. The van der Waals surface area contributed by atoms with Gasteiger partial charge in [0.25, 0.3) is 0 Å². The molecule has 0 atom stereocenters. The topological polar surface area (TPSA) is 26.3 Å². The standard InChI is InChI=1S/C9H8ClIO2/c1-5-3-6(10)4-7(11)8(5)9(12)13-2/h3-4H,1-2H3. The molecule has 2 nitrogen and oxygen atoms in total. The average molecular weight is 311 g/mol. The van der Waals surface area contributed by atoms with E-state index in [0.29, 0.717) is 10.6 Å². The number of hydrogen-bond acceptors (Lipinski definition) is 2. The maximum atomic E-state index is 11.3. The molecule has 0 spiro atoms. The van der Waals surface area contributed by atoms with Gasteiger partial charge in [-0.3, -0.25) is 0 Å². The van der Waals surface area contributed by atoms with Gasteiger partial charge in [-0.25, -0.2) is 4.79 Å². The van der Waals surface area contributed by atoms with Gasteiger partial charge in [-0.15, -0.1) is 0 Å². The lowest BCUT2D eigenvalue weighted by Gasteiger charge is -2.06. The Hall–Kier alpha value is -0.290. The zero-order valence-corrected chi connectivity index (χ0v) is 10.1. The predicted molar refractivity (Wildman–Crippen MR) is 60.2 cm³/mol. The minimum atomic E-state index is -0.321. The van der Waals surface area contributed by atoms with Crippen LogP contribution in [0.4, 0.5) is 0 Å². The summed E-state index contributed by atoms with van der Waals surface area (Å²) in [7, 11) is 1.37. The third-order valence-corrected chi connectivity index (χ3v) is 2.71. The highest BCUT2D eigenvalue weighted by Crippen LogP contribution is 2.22. The van der Waals surface area contributed by atoms with Crippen LogP contribution in [0.3, 0.4) is 0 Å². The van der Waals surface area contributed by atoms with Crippen molar-refractivity contribution in [2.45, 2.75) is 6.92 Å². The molecule has 0 saturated heterocycles. The van der Waals surface area contributed by atoms with E-state index in [0.717, 1.165) is 9.13 Å². The zero-order chi connectivity index (χ0) is 10.0. The zero-order valence-electron chi connectivity index (χ0n) is 7.23. The Kier molecular flexibility index (Phi) is 3.55. The first-order valence-corrected chi connectivity index (χ1v) is 5.06. The Labute approximate surface area is 95.4 Å². The second-order valence-corrected chi connectivity index (χ2v) is 4.17. The van der Waals surface area contributed by atoms with E-state index in [1.165, 1.54) is 7.11 Å². The number of aryl methyl sites for hydroxylation is 1. The second kappa shape index (κ2) is 4.28. The van der Waals surface area contributed by atoms with Crippen molar-refractivity contribution in [2.24, 2.45) is 0 Å². The summed E-state index contributed by atoms with van der Waals surface area (Å²) in [5.41, 5.74) is 1.43. The number of hydrogen-bond donors (Lipinski definition) is 0. The van der Waals surface area contributed by atoms with Crippen molar-refractivity contribution in [3.05, 3.63) is 31.9 Å². The van der Waals surface area contributed by atoms with Gasteiger partial charge in [-0.2, -0.15) is 0 Å². The number of methoxy groups -OCH3 is 1. The fraction of sp³-hybridized carbons (Fsp3) is 0.222. The summed E-state index contributed by atoms with van der Waals surface area (Å²) in [5.74, 6) is -0.321. The Morgan fingerprint density at radius 3 is 2.62 bits per heavy atom.